The average molecular weight is 311 g/mol. The summed E-state index contributed by atoms with van der Waals surface area (Å²) < 4.78 is 19.1. The first kappa shape index (κ1) is 15.0. The summed E-state index contributed by atoms with van der Waals surface area (Å²) in [5.74, 6) is -1.04. The second-order valence-electron chi connectivity index (χ2n) is 5.26. The van der Waals surface area contributed by atoms with E-state index in [0.29, 0.717) is 22.2 Å². The zero-order valence-corrected chi connectivity index (χ0v) is 12.6. The molecule has 0 aliphatic rings. The van der Waals surface area contributed by atoms with Crippen LogP contribution in [0.1, 0.15) is 33.4 Å². The van der Waals surface area contributed by atoms with Crippen LogP contribution in [0.5, 0.6) is 0 Å². The van der Waals surface area contributed by atoms with Crippen LogP contribution in [0.25, 0.3) is 11.0 Å². The molecular formula is C18H14FNO3. The lowest BCUT2D eigenvalue weighted by molar-refractivity contribution is 0.0992. The molecule has 2 aromatic carbocycles. The first-order chi connectivity index (χ1) is 11.0. The van der Waals surface area contributed by atoms with Crippen LogP contribution < -0.4 is 5.32 Å². The molecule has 0 spiro atoms. The van der Waals surface area contributed by atoms with Crippen molar-refractivity contribution < 1.29 is 18.4 Å². The Morgan fingerprint density at radius 1 is 1.13 bits per heavy atom. The van der Waals surface area contributed by atoms with E-state index < -0.39 is 11.7 Å². The Balaban J connectivity index is 1.95. The van der Waals surface area contributed by atoms with E-state index >= 15 is 0 Å². The van der Waals surface area contributed by atoms with Crippen molar-refractivity contribution in [2.45, 2.75) is 13.8 Å². The van der Waals surface area contributed by atoms with Crippen LogP contribution in [0.4, 0.5) is 10.1 Å². The Hall–Kier alpha value is -2.95. The zero-order chi connectivity index (χ0) is 16.6. The maximum atomic E-state index is 13.7. The van der Waals surface area contributed by atoms with Crippen LogP contribution in [0.3, 0.4) is 0 Å². The minimum Gasteiger partial charge on any atom is -0.448 e. The molecule has 0 aliphatic carbocycles. The SMILES string of the molecule is CC(=O)c1cccc(NC(=O)c2oc3c(F)cccc3c2C)c1. The molecule has 4 nitrogen and oxygen atoms in total. The molecule has 1 heterocycles. The number of fused-ring (bicyclic) bond motifs is 1. The Kier molecular flexibility index (Phi) is 3.70. The number of nitrogens with one attached hydrogen (secondary N) is 1. The number of hydrogen-bond donors (Lipinski definition) is 1. The topological polar surface area (TPSA) is 59.3 Å². The van der Waals surface area contributed by atoms with Gasteiger partial charge in [0.15, 0.2) is 22.9 Å². The Bertz CT molecular complexity index is 927. The van der Waals surface area contributed by atoms with E-state index in [2.05, 4.69) is 5.32 Å². The first-order valence-electron chi connectivity index (χ1n) is 7.07. The number of hydrogen-bond acceptors (Lipinski definition) is 3. The molecule has 23 heavy (non-hydrogen) atoms. The van der Waals surface area contributed by atoms with Crippen LogP contribution in [-0.4, -0.2) is 11.7 Å². The minimum absolute atomic E-state index is 0.0540. The van der Waals surface area contributed by atoms with Gasteiger partial charge in [0, 0.05) is 22.2 Å². The minimum atomic E-state index is -0.511. The van der Waals surface area contributed by atoms with Gasteiger partial charge in [0.1, 0.15) is 0 Å². The molecule has 0 radical (unpaired) electrons. The third-order valence-corrected chi connectivity index (χ3v) is 3.65. The van der Waals surface area contributed by atoms with Gasteiger partial charge in [-0.1, -0.05) is 24.3 Å². The average Bonchev–Trinajstić information content (AvgIpc) is 2.86. The maximum Gasteiger partial charge on any atom is 0.291 e. The van der Waals surface area contributed by atoms with Crippen molar-refractivity contribution in [3.63, 3.8) is 0 Å². The molecular weight excluding hydrogens is 297 g/mol. The van der Waals surface area contributed by atoms with Gasteiger partial charge < -0.3 is 9.73 Å². The summed E-state index contributed by atoms with van der Waals surface area (Å²) in [6.45, 7) is 3.15. The van der Waals surface area contributed by atoms with E-state index in [-0.39, 0.29) is 17.1 Å². The van der Waals surface area contributed by atoms with Gasteiger partial charge in [-0.25, -0.2) is 4.39 Å². The molecule has 5 heteroatoms. The molecule has 0 saturated heterocycles. The molecule has 1 amide bonds. The molecule has 0 bridgehead atoms. The van der Waals surface area contributed by atoms with Gasteiger partial charge in [-0.3, -0.25) is 9.59 Å². The molecule has 0 saturated carbocycles. The highest BCUT2D eigenvalue weighted by molar-refractivity contribution is 6.07. The van der Waals surface area contributed by atoms with E-state index in [4.69, 9.17) is 4.42 Å². The standard InChI is InChI=1S/C18H14FNO3/c1-10-14-7-4-8-15(19)17(14)23-16(10)18(22)20-13-6-3-5-12(9-13)11(2)21/h3-9H,1-2H3,(H,20,22). The number of amides is 1. The van der Waals surface area contributed by atoms with Crippen molar-refractivity contribution in [1.29, 1.82) is 0 Å². The molecule has 0 atom stereocenters. The summed E-state index contributed by atoms with van der Waals surface area (Å²) in [5, 5.41) is 3.23. The number of anilines is 1. The van der Waals surface area contributed by atoms with Crippen LogP contribution in [0.2, 0.25) is 0 Å². The second-order valence-corrected chi connectivity index (χ2v) is 5.26. The normalized spacial score (nSPS) is 10.7. The quantitative estimate of drug-likeness (QED) is 0.732. The van der Waals surface area contributed by atoms with Gasteiger partial charge in [0.2, 0.25) is 0 Å². The van der Waals surface area contributed by atoms with Crippen molar-refractivity contribution in [3.05, 3.63) is 65.2 Å². The van der Waals surface area contributed by atoms with E-state index in [1.807, 2.05) is 0 Å². The monoisotopic (exact) mass is 311 g/mol. The van der Waals surface area contributed by atoms with Crippen LogP contribution in [0.15, 0.2) is 46.9 Å². The number of rotatable bonds is 3. The van der Waals surface area contributed by atoms with E-state index in [1.165, 1.54) is 13.0 Å². The molecule has 3 aromatic rings. The summed E-state index contributed by atoms with van der Waals surface area (Å²) in [6.07, 6.45) is 0. The maximum absolute atomic E-state index is 13.7. The summed E-state index contributed by atoms with van der Waals surface area (Å²) in [5.41, 5.74) is 1.60. The molecule has 1 aromatic heterocycles. The summed E-state index contributed by atoms with van der Waals surface area (Å²) >= 11 is 0. The molecule has 1 N–H and O–H groups in total. The number of ketones is 1. The number of halogens is 1. The molecule has 0 unspecified atom stereocenters. The van der Waals surface area contributed by atoms with E-state index in [0.717, 1.165) is 0 Å². The van der Waals surface area contributed by atoms with Gasteiger partial charge in [-0.15, -0.1) is 0 Å². The third kappa shape index (κ3) is 2.73. The number of para-hydroxylation sites is 1. The summed E-state index contributed by atoms with van der Waals surface area (Å²) in [7, 11) is 0. The van der Waals surface area contributed by atoms with Crippen molar-refractivity contribution >= 4 is 28.3 Å². The first-order valence-corrected chi connectivity index (χ1v) is 7.07. The van der Waals surface area contributed by atoms with Crippen molar-refractivity contribution in [1.82, 2.24) is 0 Å². The van der Waals surface area contributed by atoms with Crippen LogP contribution in [0, 0.1) is 12.7 Å². The van der Waals surface area contributed by atoms with Crippen molar-refractivity contribution in [2.24, 2.45) is 0 Å². The zero-order valence-electron chi connectivity index (χ0n) is 12.6. The molecule has 3 rings (SSSR count). The Morgan fingerprint density at radius 2 is 1.87 bits per heavy atom. The number of carbonyl (C=O) groups is 2. The molecule has 0 aliphatic heterocycles. The smallest absolute Gasteiger partial charge is 0.291 e. The Labute approximate surface area is 131 Å². The fourth-order valence-electron chi connectivity index (χ4n) is 2.43. The van der Waals surface area contributed by atoms with Crippen LogP contribution >= 0.6 is 0 Å². The number of carbonyl (C=O) groups excluding carboxylic acids is 2. The third-order valence-electron chi connectivity index (χ3n) is 3.65. The van der Waals surface area contributed by atoms with Crippen molar-refractivity contribution in [3.8, 4) is 0 Å². The lowest BCUT2D eigenvalue weighted by Crippen LogP contribution is -2.12. The predicted molar refractivity (Wildman–Crippen MR) is 85.3 cm³/mol. The van der Waals surface area contributed by atoms with Crippen molar-refractivity contribution in [2.75, 3.05) is 5.32 Å². The van der Waals surface area contributed by atoms with Gasteiger partial charge >= 0.3 is 0 Å². The number of aryl methyl sites for hydroxylation is 1. The second kappa shape index (κ2) is 5.68. The fourth-order valence-corrected chi connectivity index (χ4v) is 2.43. The largest absolute Gasteiger partial charge is 0.448 e. The lowest BCUT2D eigenvalue weighted by Gasteiger charge is -2.05. The molecule has 0 fully saturated rings. The van der Waals surface area contributed by atoms with Gasteiger partial charge in [-0.2, -0.15) is 0 Å². The number of furan rings is 1. The highest BCUT2D eigenvalue weighted by Gasteiger charge is 2.19. The summed E-state index contributed by atoms with van der Waals surface area (Å²) in [6, 6.07) is 11.1. The summed E-state index contributed by atoms with van der Waals surface area (Å²) in [4.78, 5) is 23.8. The molecule has 116 valence electrons. The predicted octanol–water partition coefficient (Wildman–Crippen LogP) is 4.34. The fraction of sp³-hybridized carbons (Fsp3) is 0.111. The van der Waals surface area contributed by atoms with Gasteiger partial charge in [-0.05, 0) is 32.0 Å². The number of Topliss-reactive ketones (excluding diaryl/α,β-unsaturated/α-hetero) is 1. The lowest BCUT2D eigenvalue weighted by atomic mass is 10.1. The highest BCUT2D eigenvalue weighted by atomic mass is 19.1. The van der Waals surface area contributed by atoms with E-state index in [1.54, 1.807) is 43.3 Å². The highest BCUT2D eigenvalue weighted by Crippen LogP contribution is 2.27. The van der Waals surface area contributed by atoms with Crippen LogP contribution in [-0.2, 0) is 0 Å². The van der Waals surface area contributed by atoms with Gasteiger partial charge in [0.25, 0.3) is 5.91 Å². The number of benzene rings is 2. The van der Waals surface area contributed by atoms with Gasteiger partial charge in [0.05, 0.1) is 0 Å². The van der Waals surface area contributed by atoms with E-state index in [9.17, 15) is 14.0 Å². The Morgan fingerprint density at radius 3 is 2.57 bits per heavy atom.